The van der Waals surface area contributed by atoms with E-state index >= 15 is 0 Å². The molecule has 0 aliphatic carbocycles. The molecule has 3 heterocycles. The van der Waals surface area contributed by atoms with Gasteiger partial charge in [0.05, 0.1) is 0 Å². The smallest absolute Gasteiger partial charge is 0.124 e. The maximum atomic E-state index is 4.21. The number of benzene rings is 1. The predicted octanol–water partition coefficient (Wildman–Crippen LogP) is 3.31. The second-order valence-corrected chi connectivity index (χ2v) is 7.20. The molecule has 2 saturated heterocycles. The Bertz CT molecular complexity index is 651. The molecule has 1 aromatic carbocycles. The van der Waals surface area contributed by atoms with Gasteiger partial charge in [-0.15, -0.1) is 0 Å². The van der Waals surface area contributed by atoms with Crippen molar-refractivity contribution in [3.05, 3.63) is 41.4 Å². The molecule has 0 amide bonds. The fraction of sp³-hybridized carbons (Fsp3) is 0.471. The second kappa shape index (κ2) is 5.70. The molecule has 1 aromatic heterocycles. The van der Waals surface area contributed by atoms with Crippen LogP contribution in [0.1, 0.15) is 19.8 Å². The van der Waals surface area contributed by atoms with Gasteiger partial charge in [0.25, 0.3) is 0 Å². The predicted molar refractivity (Wildman–Crippen MR) is 92.7 cm³/mol. The first kappa shape index (κ1) is 14.3. The summed E-state index contributed by atoms with van der Waals surface area (Å²) < 4.78 is 2.89. The lowest BCUT2D eigenvalue weighted by Gasteiger charge is -2.43. The SMILES string of the molecule is C[C@H]1CCN1C1CCN(c2ccc(-n3cnc(Br)c3)cc2)C1. The third kappa shape index (κ3) is 2.57. The highest BCUT2D eigenvalue weighted by Gasteiger charge is 2.34. The van der Waals surface area contributed by atoms with E-state index in [1.165, 1.54) is 38.2 Å². The van der Waals surface area contributed by atoms with Gasteiger partial charge in [-0.05, 0) is 60.0 Å². The van der Waals surface area contributed by atoms with Gasteiger partial charge in [-0.1, -0.05) is 0 Å². The van der Waals surface area contributed by atoms with Crippen LogP contribution in [0.3, 0.4) is 0 Å². The summed E-state index contributed by atoms with van der Waals surface area (Å²) in [6.45, 7) is 5.97. The van der Waals surface area contributed by atoms with Crippen molar-refractivity contribution in [2.45, 2.75) is 31.8 Å². The minimum Gasteiger partial charge on any atom is -0.370 e. The van der Waals surface area contributed by atoms with Crippen LogP contribution in [0.25, 0.3) is 5.69 Å². The van der Waals surface area contributed by atoms with Crippen LogP contribution in [0.15, 0.2) is 41.4 Å². The van der Waals surface area contributed by atoms with Crippen molar-refractivity contribution in [3.63, 3.8) is 0 Å². The van der Waals surface area contributed by atoms with Gasteiger partial charge in [-0.3, -0.25) is 4.90 Å². The normalized spacial score (nSPS) is 25.5. The van der Waals surface area contributed by atoms with E-state index in [-0.39, 0.29) is 0 Å². The number of imidazole rings is 1. The Balaban J connectivity index is 1.45. The third-order valence-electron chi connectivity index (χ3n) is 5.07. The topological polar surface area (TPSA) is 24.3 Å². The molecule has 22 heavy (non-hydrogen) atoms. The standard InChI is InChI=1S/C17H21BrN4/c1-13-6-9-22(13)16-7-8-20(10-16)14-2-4-15(5-3-14)21-11-17(18)19-12-21/h2-5,11-13,16H,6-10H2,1H3/t13-,16?/m0/s1. The van der Waals surface area contributed by atoms with Crippen LogP contribution in [-0.2, 0) is 0 Å². The minimum absolute atomic E-state index is 0.744. The maximum absolute atomic E-state index is 4.21. The second-order valence-electron chi connectivity index (χ2n) is 6.38. The molecule has 4 nitrogen and oxygen atoms in total. The molecule has 5 heteroatoms. The number of aromatic nitrogens is 2. The number of rotatable bonds is 3. The van der Waals surface area contributed by atoms with Crippen molar-refractivity contribution >= 4 is 21.6 Å². The van der Waals surface area contributed by atoms with E-state index in [9.17, 15) is 0 Å². The number of nitrogens with zero attached hydrogens (tertiary/aromatic N) is 4. The van der Waals surface area contributed by atoms with Gasteiger partial charge in [-0.25, -0.2) is 4.98 Å². The van der Waals surface area contributed by atoms with E-state index in [1.54, 1.807) is 0 Å². The molecule has 116 valence electrons. The van der Waals surface area contributed by atoms with Gasteiger partial charge in [0.15, 0.2) is 0 Å². The largest absolute Gasteiger partial charge is 0.370 e. The molecule has 2 fully saturated rings. The molecular formula is C17H21BrN4. The molecule has 2 aromatic rings. The average Bonchev–Trinajstić information content (AvgIpc) is 3.15. The molecule has 2 atom stereocenters. The summed E-state index contributed by atoms with van der Waals surface area (Å²) in [5.41, 5.74) is 2.48. The zero-order valence-electron chi connectivity index (χ0n) is 12.8. The zero-order chi connectivity index (χ0) is 15.1. The first-order chi connectivity index (χ1) is 10.7. The Labute approximate surface area is 139 Å². The van der Waals surface area contributed by atoms with Gasteiger partial charge in [0.1, 0.15) is 10.9 Å². The van der Waals surface area contributed by atoms with Crippen LogP contribution in [0.4, 0.5) is 5.69 Å². The number of anilines is 1. The molecule has 0 saturated carbocycles. The first-order valence-corrected chi connectivity index (χ1v) is 8.80. The van der Waals surface area contributed by atoms with Crippen molar-refractivity contribution in [3.8, 4) is 5.69 Å². The average molecular weight is 361 g/mol. The molecule has 0 bridgehead atoms. The summed E-state index contributed by atoms with van der Waals surface area (Å²) >= 11 is 3.39. The van der Waals surface area contributed by atoms with Crippen molar-refractivity contribution in [2.75, 3.05) is 24.5 Å². The number of hydrogen-bond acceptors (Lipinski definition) is 3. The summed E-state index contributed by atoms with van der Waals surface area (Å²) in [6.07, 6.45) is 6.47. The van der Waals surface area contributed by atoms with Gasteiger partial charge < -0.3 is 9.47 Å². The Morgan fingerprint density at radius 2 is 1.86 bits per heavy atom. The highest BCUT2D eigenvalue weighted by molar-refractivity contribution is 9.10. The highest BCUT2D eigenvalue weighted by atomic mass is 79.9. The van der Waals surface area contributed by atoms with Crippen molar-refractivity contribution in [1.29, 1.82) is 0 Å². The van der Waals surface area contributed by atoms with E-state index in [4.69, 9.17) is 0 Å². The lowest BCUT2D eigenvalue weighted by atomic mass is 10.0. The van der Waals surface area contributed by atoms with Crippen LogP contribution >= 0.6 is 15.9 Å². The number of likely N-dealkylation sites (tertiary alicyclic amines) is 1. The molecule has 1 unspecified atom stereocenters. The summed E-state index contributed by atoms with van der Waals surface area (Å²) in [5, 5.41) is 0. The summed E-state index contributed by atoms with van der Waals surface area (Å²) in [4.78, 5) is 9.39. The Morgan fingerprint density at radius 3 is 2.45 bits per heavy atom. The molecule has 0 spiro atoms. The molecule has 0 N–H and O–H groups in total. The lowest BCUT2D eigenvalue weighted by Crippen LogP contribution is -2.52. The zero-order valence-corrected chi connectivity index (χ0v) is 14.4. The van der Waals surface area contributed by atoms with E-state index in [0.29, 0.717) is 0 Å². The fourth-order valence-electron chi connectivity index (χ4n) is 3.60. The molecule has 2 aliphatic rings. The van der Waals surface area contributed by atoms with Crippen LogP contribution in [0.5, 0.6) is 0 Å². The van der Waals surface area contributed by atoms with Gasteiger partial charge in [0.2, 0.25) is 0 Å². The van der Waals surface area contributed by atoms with Gasteiger partial charge >= 0.3 is 0 Å². The van der Waals surface area contributed by atoms with E-state index in [2.05, 4.69) is 61.9 Å². The maximum Gasteiger partial charge on any atom is 0.124 e. The van der Waals surface area contributed by atoms with E-state index in [0.717, 1.165) is 22.4 Å². The Hall–Kier alpha value is -1.33. The van der Waals surface area contributed by atoms with E-state index in [1.807, 2.05) is 17.1 Å². The number of halogens is 1. The Kier molecular flexibility index (Phi) is 3.70. The fourth-order valence-corrected chi connectivity index (χ4v) is 3.91. The molecule has 2 aliphatic heterocycles. The minimum atomic E-state index is 0.744. The summed E-state index contributed by atoms with van der Waals surface area (Å²) in [7, 11) is 0. The van der Waals surface area contributed by atoms with Crippen LogP contribution < -0.4 is 4.90 Å². The quantitative estimate of drug-likeness (QED) is 0.839. The highest BCUT2D eigenvalue weighted by Crippen LogP contribution is 2.29. The van der Waals surface area contributed by atoms with E-state index < -0.39 is 0 Å². The first-order valence-electron chi connectivity index (χ1n) is 8.01. The summed E-state index contributed by atoms with van der Waals surface area (Å²) in [5.74, 6) is 0. The molecular weight excluding hydrogens is 340 g/mol. The Morgan fingerprint density at radius 1 is 1.09 bits per heavy atom. The van der Waals surface area contributed by atoms with Crippen molar-refractivity contribution in [1.82, 2.24) is 14.5 Å². The monoisotopic (exact) mass is 360 g/mol. The summed E-state index contributed by atoms with van der Waals surface area (Å²) in [6, 6.07) is 10.3. The van der Waals surface area contributed by atoms with Crippen LogP contribution in [0.2, 0.25) is 0 Å². The van der Waals surface area contributed by atoms with Crippen molar-refractivity contribution < 1.29 is 0 Å². The molecule has 4 rings (SSSR count). The van der Waals surface area contributed by atoms with Gasteiger partial charge in [-0.2, -0.15) is 0 Å². The molecule has 0 radical (unpaired) electrons. The lowest BCUT2D eigenvalue weighted by molar-refractivity contribution is 0.0622. The van der Waals surface area contributed by atoms with Crippen molar-refractivity contribution in [2.24, 2.45) is 0 Å². The van der Waals surface area contributed by atoms with Gasteiger partial charge in [0, 0.05) is 49.3 Å². The third-order valence-corrected chi connectivity index (χ3v) is 5.48. The van der Waals surface area contributed by atoms with Crippen LogP contribution in [0, 0.1) is 0 Å². The van der Waals surface area contributed by atoms with Crippen LogP contribution in [-0.4, -0.2) is 46.2 Å². The number of hydrogen-bond donors (Lipinski definition) is 0.